The molecule has 2 heterocycles. The van der Waals surface area contributed by atoms with E-state index in [-0.39, 0.29) is 18.3 Å². The molecule has 2 aliphatic heterocycles. The van der Waals surface area contributed by atoms with Crippen LogP contribution in [0.25, 0.3) is 0 Å². The minimum Gasteiger partial charge on any atom is -0.445 e. The minimum atomic E-state index is -0.546. The summed E-state index contributed by atoms with van der Waals surface area (Å²) in [6.07, 6.45) is -0.406. The summed E-state index contributed by atoms with van der Waals surface area (Å²) in [5.41, 5.74) is 0.980. The van der Waals surface area contributed by atoms with Gasteiger partial charge in [-0.15, -0.1) is 0 Å². The molecule has 0 saturated carbocycles. The number of ether oxygens (including phenoxy) is 3. The number of rotatable bonds is 2. The quantitative estimate of drug-likeness (QED) is 0.831. The van der Waals surface area contributed by atoms with Gasteiger partial charge in [-0.25, -0.2) is 4.79 Å². The Morgan fingerprint density at radius 3 is 2.45 bits per heavy atom. The van der Waals surface area contributed by atoms with Crippen molar-refractivity contribution in [3.05, 3.63) is 35.9 Å². The average Bonchev–Trinajstić information content (AvgIpc) is 2.90. The molecule has 0 unspecified atom stereocenters. The molecule has 0 radical (unpaired) electrons. The van der Waals surface area contributed by atoms with E-state index in [1.165, 1.54) is 0 Å². The highest BCUT2D eigenvalue weighted by Gasteiger charge is 2.48. The van der Waals surface area contributed by atoms with Gasteiger partial charge in [0, 0.05) is 0 Å². The zero-order valence-electron chi connectivity index (χ0n) is 11.7. The lowest BCUT2D eigenvalue weighted by molar-refractivity contribution is -0.154. The van der Waals surface area contributed by atoms with Gasteiger partial charge in [0.25, 0.3) is 0 Å². The maximum atomic E-state index is 12.0. The first-order valence-electron chi connectivity index (χ1n) is 6.85. The highest BCUT2D eigenvalue weighted by Crippen LogP contribution is 2.33. The molecule has 108 valence electrons. The molecule has 3 rings (SSSR count). The molecular formula is C15H19NO4. The Morgan fingerprint density at radius 1 is 1.25 bits per heavy atom. The number of likely N-dealkylation sites (tertiary alicyclic amines) is 1. The van der Waals surface area contributed by atoms with Crippen LogP contribution in [0.3, 0.4) is 0 Å². The van der Waals surface area contributed by atoms with Gasteiger partial charge in [-0.05, 0) is 19.4 Å². The molecule has 2 atom stereocenters. The van der Waals surface area contributed by atoms with Crippen LogP contribution in [0.4, 0.5) is 4.79 Å². The summed E-state index contributed by atoms with van der Waals surface area (Å²) in [4.78, 5) is 13.7. The van der Waals surface area contributed by atoms with Crippen LogP contribution in [0.2, 0.25) is 0 Å². The number of hydrogen-bond donors (Lipinski definition) is 0. The van der Waals surface area contributed by atoms with Gasteiger partial charge in [0.1, 0.15) is 18.8 Å². The number of nitrogens with zero attached hydrogens (tertiary/aromatic N) is 1. The predicted octanol–water partition coefficient (Wildman–Crippen LogP) is 2.16. The molecule has 5 nitrogen and oxygen atoms in total. The van der Waals surface area contributed by atoms with Crippen LogP contribution in [-0.2, 0) is 20.8 Å². The summed E-state index contributed by atoms with van der Waals surface area (Å²) in [7, 11) is 0. The van der Waals surface area contributed by atoms with Gasteiger partial charge in [-0.2, -0.15) is 0 Å². The van der Waals surface area contributed by atoms with E-state index in [9.17, 15) is 4.79 Å². The van der Waals surface area contributed by atoms with Crippen LogP contribution >= 0.6 is 0 Å². The van der Waals surface area contributed by atoms with Gasteiger partial charge < -0.3 is 19.1 Å². The van der Waals surface area contributed by atoms with Crippen molar-refractivity contribution in [2.24, 2.45) is 0 Å². The Bertz CT molecular complexity index is 472. The van der Waals surface area contributed by atoms with Gasteiger partial charge in [0.15, 0.2) is 5.79 Å². The first-order chi connectivity index (χ1) is 9.53. The van der Waals surface area contributed by atoms with Gasteiger partial charge >= 0.3 is 6.09 Å². The van der Waals surface area contributed by atoms with Crippen LogP contribution in [0.1, 0.15) is 19.4 Å². The van der Waals surface area contributed by atoms with E-state index >= 15 is 0 Å². The number of carbonyl (C=O) groups is 1. The highest BCUT2D eigenvalue weighted by atomic mass is 16.8. The van der Waals surface area contributed by atoms with Crippen molar-refractivity contribution >= 4 is 6.09 Å². The van der Waals surface area contributed by atoms with Crippen molar-refractivity contribution in [1.82, 2.24) is 4.90 Å². The van der Waals surface area contributed by atoms with Crippen molar-refractivity contribution in [2.45, 2.75) is 38.4 Å². The fourth-order valence-corrected chi connectivity index (χ4v) is 2.69. The van der Waals surface area contributed by atoms with Crippen LogP contribution in [0.5, 0.6) is 0 Å². The molecule has 0 aromatic heterocycles. The van der Waals surface area contributed by atoms with Gasteiger partial charge in [0.05, 0.1) is 13.1 Å². The van der Waals surface area contributed by atoms with Crippen LogP contribution < -0.4 is 0 Å². The lowest BCUT2D eigenvalue weighted by Gasteiger charge is -2.22. The highest BCUT2D eigenvalue weighted by molar-refractivity contribution is 5.68. The topological polar surface area (TPSA) is 48.0 Å². The largest absolute Gasteiger partial charge is 0.445 e. The molecule has 0 bridgehead atoms. The molecule has 0 spiro atoms. The van der Waals surface area contributed by atoms with Gasteiger partial charge in [-0.1, -0.05) is 30.3 Å². The monoisotopic (exact) mass is 277 g/mol. The van der Waals surface area contributed by atoms with Crippen LogP contribution in [-0.4, -0.2) is 42.1 Å². The van der Waals surface area contributed by atoms with E-state index in [0.29, 0.717) is 19.7 Å². The first kappa shape index (κ1) is 13.4. The van der Waals surface area contributed by atoms with Crippen molar-refractivity contribution in [1.29, 1.82) is 0 Å². The summed E-state index contributed by atoms with van der Waals surface area (Å²) in [5, 5.41) is 0. The standard InChI is InChI=1S/C15H19NO4/c1-15(2)19-12-8-16(9-13(12)20-15)14(17)18-10-11-6-4-3-5-7-11/h3-7,12-13H,8-10H2,1-2H3/t12-,13+. The Morgan fingerprint density at radius 2 is 1.85 bits per heavy atom. The van der Waals surface area contributed by atoms with E-state index in [1.54, 1.807) is 4.90 Å². The maximum Gasteiger partial charge on any atom is 0.410 e. The summed E-state index contributed by atoms with van der Waals surface area (Å²) >= 11 is 0. The third-order valence-corrected chi connectivity index (χ3v) is 3.55. The average molecular weight is 277 g/mol. The number of benzene rings is 1. The maximum absolute atomic E-state index is 12.0. The second-order valence-electron chi connectivity index (χ2n) is 5.66. The van der Waals surface area contributed by atoms with Gasteiger partial charge in [0.2, 0.25) is 0 Å². The first-order valence-corrected chi connectivity index (χ1v) is 6.85. The molecule has 0 N–H and O–H groups in total. The summed E-state index contributed by atoms with van der Waals surface area (Å²) in [5.74, 6) is -0.546. The van der Waals surface area contributed by atoms with Crippen molar-refractivity contribution in [3.63, 3.8) is 0 Å². The van der Waals surface area contributed by atoms with Gasteiger partial charge in [-0.3, -0.25) is 0 Å². The fourth-order valence-electron chi connectivity index (χ4n) is 2.69. The smallest absolute Gasteiger partial charge is 0.410 e. The van der Waals surface area contributed by atoms with E-state index in [4.69, 9.17) is 14.2 Å². The lowest BCUT2D eigenvalue weighted by atomic mass is 10.2. The Kier molecular flexibility index (Phi) is 3.40. The van der Waals surface area contributed by atoms with Crippen molar-refractivity contribution < 1.29 is 19.0 Å². The third kappa shape index (κ3) is 2.78. The zero-order chi connectivity index (χ0) is 14.2. The van der Waals surface area contributed by atoms with Crippen LogP contribution in [0.15, 0.2) is 30.3 Å². The molecule has 20 heavy (non-hydrogen) atoms. The molecule has 2 saturated heterocycles. The Hall–Kier alpha value is -1.59. The number of fused-ring (bicyclic) bond motifs is 1. The van der Waals surface area contributed by atoms with E-state index < -0.39 is 5.79 Å². The lowest BCUT2D eigenvalue weighted by Crippen LogP contribution is -2.34. The molecular weight excluding hydrogens is 258 g/mol. The van der Waals surface area contributed by atoms with Crippen molar-refractivity contribution in [2.75, 3.05) is 13.1 Å². The number of hydrogen-bond acceptors (Lipinski definition) is 4. The molecule has 0 aliphatic carbocycles. The van der Waals surface area contributed by atoms with E-state index in [2.05, 4.69) is 0 Å². The van der Waals surface area contributed by atoms with E-state index in [0.717, 1.165) is 5.56 Å². The number of carbonyl (C=O) groups excluding carboxylic acids is 1. The fraction of sp³-hybridized carbons (Fsp3) is 0.533. The number of amides is 1. The predicted molar refractivity (Wildman–Crippen MR) is 72.0 cm³/mol. The Labute approximate surface area is 118 Å². The second-order valence-corrected chi connectivity index (χ2v) is 5.66. The molecule has 1 aromatic rings. The minimum absolute atomic E-state index is 0.0470. The molecule has 2 fully saturated rings. The third-order valence-electron chi connectivity index (χ3n) is 3.55. The summed E-state index contributed by atoms with van der Waals surface area (Å²) < 4.78 is 16.8. The molecule has 2 aliphatic rings. The summed E-state index contributed by atoms with van der Waals surface area (Å²) in [6.45, 7) is 5.13. The van der Waals surface area contributed by atoms with Crippen LogP contribution in [0, 0.1) is 0 Å². The van der Waals surface area contributed by atoms with Crippen molar-refractivity contribution in [3.8, 4) is 0 Å². The van der Waals surface area contributed by atoms with E-state index in [1.807, 2.05) is 44.2 Å². The normalized spacial score (nSPS) is 27.4. The molecule has 1 amide bonds. The summed E-state index contributed by atoms with van der Waals surface area (Å²) in [6, 6.07) is 9.64. The molecule has 5 heteroatoms. The zero-order valence-corrected chi connectivity index (χ0v) is 11.7. The molecule has 1 aromatic carbocycles. The second kappa shape index (κ2) is 5.07. The Balaban J connectivity index is 1.51. The SMILES string of the molecule is CC1(C)O[C@H]2CN(C(=O)OCc3ccccc3)C[C@H]2O1.